The number of hydrogen-bond acceptors (Lipinski definition) is 0. The van der Waals surface area contributed by atoms with E-state index in [0.717, 1.165) is 11.5 Å². The lowest BCUT2D eigenvalue weighted by Crippen LogP contribution is -2.15. The topological polar surface area (TPSA) is 0 Å². The van der Waals surface area contributed by atoms with Gasteiger partial charge in [-0.05, 0) is 17.5 Å². The van der Waals surface area contributed by atoms with E-state index in [2.05, 4.69) is 27.7 Å². The van der Waals surface area contributed by atoms with Crippen LogP contribution in [0, 0.1) is 5.92 Å². The van der Waals surface area contributed by atoms with Gasteiger partial charge < -0.3 is 0 Å². The summed E-state index contributed by atoms with van der Waals surface area (Å²) in [5.74, 6) is 0.780. The van der Waals surface area contributed by atoms with Gasteiger partial charge in [-0.1, -0.05) is 40.5 Å². The highest BCUT2D eigenvalue weighted by atomic mass is 35.6. The second-order valence-electron chi connectivity index (χ2n) is 3.56. The minimum atomic E-state index is -0.557. The largest absolute Gasteiger partial charge is 0.169 e. The molecule has 0 saturated heterocycles. The molecule has 0 aromatic rings. The van der Waals surface area contributed by atoms with E-state index in [1.165, 1.54) is 18.9 Å². The van der Waals surface area contributed by atoms with Crippen molar-refractivity contribution < 1.29 is 0 Å². The van der Waals surface area contributed by atoms with Crippen LogP contribution in [0.5, 0.6) is 0 Å². The van der Waals surface area contributed by atoms with Gasteiger partial charge >= 0.3 is 0 Å². The zero-order chi connectivity index (χ0) is 8.85. The van der Waals surface area contributed by atoms with E-state index in [9.17, 15) is 0 Å². The smallest absolute Gasteiger partial charge is 0.168 e. The Balaban J connectivity index is 3.68. The summed E-state index contributed by atoms with van der Waals surface area (Å²) in [5.41, 5.74) is 0.823. The van der Waals surface area contributed by atoms with Crippen molar-refractivity contribution >= 4 is 19.2 Å². The lowest BCUT2D eigenvalue weighted by atomic mass is 10.3. The van der Waals surface area contributed by atoms with Crippen LogP contribution in [0.1, 0.15) is 40.5 Å². The maximum atomic E-state index is 6.34. The first-order valence-electron chi connectivity index (χ1n) is 4.62. The van der Waals surface area contributed by atoms with E-state index in [1.54, 1.807) is 0 Å². The second kappa shape index (κ2) is 6.07. The molecule has 0 unspecified atom stereocenters. The Labute approximate surface area is 77.6 Å². The molecular formula is C9H20ClSi. The molecule has 67 valence electrons. The van der Waals surface area contributed by atoms with Crippen LogP contribution in [0.25, 0.3) is 0 Å². The van der Waals surface area contributed by atoms with E-state index >= 15 is 0 Å². The molecule has 2 heteroatoms. The molecule has 0 aliphatic carbocycles. The lowest BCUT2D eigenvalue weighted by Gasteiger charge is -2.18. The maximum absolute atomic E-state index is 6.34. The standard InChI is InChI=1S/C9H20ClSi/c1-5-9(6-2)11(10)7-8(3)4/h8-9H,5-7H2,1-4H3. The van der Waals surface area contributed by atoms with Gasteiger partial charge in [0.2, 0.25) is 0 Å². The molecule has 0 heterocycles. The Bertz CT molecular complexity index is 89.6. The number of halogens is 1. The molecule has 0 aliphatic rings. The fourth-order valence-corrected chi connectivity index (χ4v) is 5.14. The minimum Gasteiger partial charge on any atom is -0.169 e. The average Bonchev–Trinajstić information content (AvgIpc) is 1.88. The molecule has 0 aromatic heterocycles. The summed E-state index contributed by atoms with van der Waals surface area (Å²) in [4.78, 5) is 0. The Hall–Kier alpha value is 0.507. The Morgan fingerprint density at radius 1 is 1.18 bits per heavy atom. The van der Waals surface area contributed by atoms with Gasteiger partial charge in [0.15, 0.2) is 8.11 Å². The summed E-state index contributed by atoms with van der Waals surface area (Å²) in [5, 5.41) is 0. The van der Waals surface area contributed by atoms with Crippen molar-refractivity contribution in [2.45, 2.75) is 52.1 Å². The molecule has 0 fully saturated rings. The molecule has 0 rings (SSSR count). The van der Waals surface area contributed by atoms with Crippen molar-refractivity contribution in [2.75, 3.05) is 0 Å². The van der Waals surface area contributed by atoms with Crippen LogP contribution >= 0.6 is 11.1 Å². The molecule has 1 radical (unpaired) electrons. The Morgan fingerprint density at radius 3 is 1.91 bits per heavy atom. The van der Waals surface area contributed by atoms with Crippen LogP contribution in [0.15, 0.2) is 0 Å². The van der Waals surface area contributed by atoms with Crippen molar-refractivity contribution in [2.24, 2.45) is 5.92 Å². The number of rotatable bonds is 5. The Morgan fingerprint density at radius 2 is 1.64 bits per heavy atom. The van der Waals surface area contributed by atoms with Gasteiger partial charge in [-0.15, -0.1) is 0 Å². The molecule has 0 aromatic carbocycles. The van der Waals surface area contributed by atoms with E-state index in [0.29, 0.717) is 0 Å². The van der Waals surface area contributed by atoms with Crippen LogP contribution < -0.4 is 0 Å². The van der Waals surface area contributed by atoms with Crippen LogP contribution in [0.4, 0.5) is 0 Å². The molecule has 11 heavy (non-hydrogen) atoms. The highest BCUT2D eigenvalue weighted by Gasteiger charge is 2.19. The van der Waals surface area contributed by atoms with E-state index in [1.807, 2.05) is 0 Å². The normalized spacial score (nSPS) is 12.0. The molecule has 0 aliphatic heterocycles. The van der Waals surface area contributed by atoms with Crippen LogP contribution in [0.3, 0.4) is 0 Å². The van der Waals surface area contributed by atoms with E-state index in [4.69, 9.17) is 11.1 Å². The SMILES string of the molecule is CCC(CC)[Si](Cl)CC(C)C. The maximum Gasteiger partial charge on any atom is 0.168 e. The summed E-state index contributed by atoms with van der Waals surface area (Å²) >= 11 is 6.34. The lowest BCUT2D eigenvalue weighted by molar-refractivity contribution is 0.696. The first-order chi connectivity index (χ1) is 5.11. The summed E-state index contributed by atoms with van der Waals surface area (Å²) < 4.78 is 0. The predicted molar refractivity (Wildman–Crippen MR) is 55.6 cm³/mol. The third-order valence-electron chi connectivity index (χ3n) is 2.03. The third kappa shape index (κ3) is 4.86. The molecule has 0 bridgehead atoms. The third-order valence-corrected chi connectivity index (χ3v) is 6.33. The molecule has 0 spiro atoms. The first kappa shape index (κ1) is 11.5. The van der Waals surface area contributed by atoms with Crippen molar-refractivity contribution in [3.8, 4) is 0 Å². The minimum absolute atomic E-state index is 0.557. The molecule has 0 saturated carbocycles. The number of hydrogen-bond donors (Lipinski definition) is 0. The van der Waals surface area contributed by atoms with Crippen molar-refractivity contribution in [1.29, 1.82) is 0 Å². The summed E-state index contributed by atoms with van der Waals surface area (Å²) in [7, 11) is -0.557. The quantitative estimate of drug-likeness (QED) is 0.454. The van der Waals surface area contributed by atoms with Gasteiger partial charge in [0.05, 0.1) is 0 Å². The summed E-state index contributed by atoms with van der Waals surface area (Å²) in [6.45, 7) is 9.02. The highest BCUT2D eigenvalue weighted by Crippen LogP contribution is 2.26. The molecule has 0 nitrogen and oxygen atoms in total. The first-order valence-corrected chi connectivity index (χ1v) is 7.42. The van der Waals surface area contributed by atoms with Gasteiger partial charge in [-0.25, -0.2) is 0 Å². The van der Waals surface area contributed by atoms with Crippen molar-refractivity contribution in [3.05, 3.63) is 0 Å². The highest BCUT2D eigenvalue weighted by molar-refractivity contribution is 7.07. The summed E-state index contributed by atoms with van der Waals surface area (Å²) in [6.07, 6.45) is 2.53. The van der Waals surface area contributed by atoms with Gasteiger partial charge in [-0.3, -0.25) is 0 Å². The summed E-state index contributed by atoms with van der Waals surface area (Å²) in [6, 6.07) is 1.26. The van der Waals surface area contributed by atoms with Gasteiger partial charge in [0.25, 0.3) is 0 Å². The fraction of sp³-hybridized carbons (Fsp3) is 1.00. The zero-order valence-corrected chi connectivity index (χ0v) is 9.91. The zero-order valence-electron chi connectivity index (χ0n) is 8.15. The second-order valence-corrected chi connectivity index (χ2v) is 7.13. The van der Waals surface area contributed by atoms with E-state index < -0.39 is 8.11 Å². The average molecular weight is 192 g/mol. The monoisotopic (exact) mass is 191 g/mol. The van der Waals surface area contributed by atoms with Gasteiger partial charge in [0.1, 0.15) is 0 Å². The Kier molecular flexibility index (Phi) is 6.35. The van der Waals surface area contributed by atoms with Crippen LogP contribution in [-0.4, -0.2) is 8.11 Å². The molecule has 0 amide bonds. The van der Waals surface area contributed by atoms with Crippen molar-refractivity contribution in [1.82, 2.24) is 0 Å². The molecule has 0 N–H and O–H groups in total. The van der Waals surface area contributed by atoms with E-state index in [-0.39, 0.29) is 0 Å². The van der Waals surface area contributed by atoms with Gasteiger partial charge in [-0.2, -0.15) is 11.1 Å². The van der Waals surface area contributed by atoms with Gasteiger partial charge in [0, 0.05) is 0 Å². The van der Waals surface area contributed by atoms with Crippen LogP contribution in [-0.2, 0) is 0 Å². The van der Waals surface area contributed by atoms with Crippen molar-refractivity contribution in [3.63, 3.8) is 0 Å². The van der Waals surface area contributed by atoms with Crippen LogP contribution in [0.2, 0.25) is 11.6 Å². The molecular weight excluding hydrogens is 172 g/mol. The predicted octanol–water partition coefficient (Wildman–Crippen LogP) is 4.06. The molecule has 0 atom stereocenters. The fourth-order valence-electron chi connectivity index (χ4n) is 1.29.